The van der Waals surface area contributed by atoms with Crippen molar-refractivity contribution in [3.05, 3.63) is 23.8 Å². The molecule has 6 heteroatoms. The third-order valence-electron chi connectivity index (χ3n) is 5.11. The largest absolute Gasteiger partial charge is 0.493 e. The molecular formula is C20H28N2O4. The van der Waals surface area contributed by atoms with Crippen LogP contribution in [0.1, 0.15) is 44.7 Å². The molecule has 0 spiro atoms. The summed E-state index contributed by atoms with van der Waals surface area (Å²) in [6.45, 7) is 5.78. The molecular weight excluding hydrogens is 332 g/mol. The van der Waals surface area contributed by atoms with Crippen molar-refractivity contribution in [2.24, 2.45) is 11.8 Å². The Balaban J connectivity index is 1.59. The first kappa shape index (κ1) is 18.5. The van der Waals surface area contributed by atoms with Gasteiger partial charge in [-0.05, 0) is 50.3 Å². The Kier molecular flexibility index (Phi) is 5.69. The molecule has 26 heavy (non-hydrogen) atoms. The molecule has 2 aliphatic rings. The van der Waals surface area contributed by atoms with Crippen LogP contribution < -0.4 is 14.8 Å². The van der Waals surface area contributed by atoms with E-state index in [-0.39, 0.29) is 23.8 Å². The lowest BCUT2D eigenvalue weighted by Crippen LogP contribution is -2.35. The van der Waals surface area contributed by atoms with Gasteiger partial charge in [-0.3, -0.25) is 9.59 Å². The number of nitrogens with zero attached hydrogens (tertiary/aromatic N) is 1. The van der Waals surface area contributed by atoms with Crippen LogP contribution in [0.5, 0.6) is 11.5 Å². The van der Waals surface area contributed by atoms with Gasteiger partial charge in [-0.15, -0.1) is 0 Å². The Morgan fingerprint density at radius 2 is 2.12 bits per heavy atom. The van der Waals surface area contributed by atoms with Gasteiger partial charge in [0.2, 0.25) is 11.8 Å². The lowest BCUT2D eigenvalue weighted by atomic mass is 10.0. The molecule has 2 fully saturated rings. The minimum atomic E-state index is -0.256. The van der Waals surface area contributed by atoms with Crippen LogP contribution in [-0.4, -0.2) is 43.5 Å². The van der Waals surface area contributed by atoms with Crippen molar-refractivity contribution < 1.29 is 19.1 Å². The summed E-state index contributed by atoms with van der Waals surface area (Å²) in [5.41, 5.74) is 0.942. The minimum absolute atomic E-state index is 0.0583. The molecule has 2 atom stereocenters. The number of hydrogen-bond acceptors (Lipinski definition) is 4. The molecule has 1 saturated heterocycles. The van der Waals surface area contributed by atoms with Crippen LogP contribution in [0.15, 0.2) is 18.2 Å². The predicted molar refractivity (Wildman–Crippen MR) is 98.1 cm³/mol. The van der Waals surface area contributed by atoms with E-state index >= 15 is 0 Å². The fraction of sp³-hybridized carbons (Fsp3) is 0.600. The molecule has 1 aromatic carbocycles. The first-order valence-electron chi connectivity index (χ1n) is 9.40. The van der Waals surface area contributed by atoms with E-state index in [2.05, 4.69) is 5.32 Å². The monoisotopic (exact) mass is 360 g/mol. The number of methoxy groups -OCH3 is 1. The Bertz CT molecular complexity index is 672. The highest BCUT2D eigenvalue weighted by atomic mass is 16.5. The van der Waals surface area contributed by atoms with E-state index in [9.17, 15) is 9.59 Å². The van der Waals surface area contributed by atoms with Gasteiger partial charge in [0.1, 0.15) is 0 Å². The number of hydrogen-bond donors (Lipinski definition) is 1. The van der Waals surface area contributed by atoms with Crippen molar-refractivity contribution in [3.8, 4) is 11.5 Å². The normalized spacial score (nSPS) is 20.8. The Morgan fingerprint density at radius 3 is 2.77 bits per heavy atom. The highest BCUT2D eigenvalue weighted by molar-refractivity contribution is 5.89. The van der Waals surface area contributed by atoms with E-state index in [1.165, 1.54) is 12.8 Å². The van der Waals surface area contributed by atoms with Crippen LogP contribution in [0.4, 0.5) is 0 Å². The number of ether oxygens (including phenoxy) is 2. The first-order valence-corrected chi connectivity index (χ1v) is 9.40. The van der Waals surface area contributed by atoms with Crippen molar-refractivity contribution in [2.75, 3.05) is 26.8 Å². The van der Waals surface area contributed by atoms with Crippen LogP contribution >= 0.6 is 0 Å². The van der Waals surface area contributed by atoms with Crippen molar-refractivity contribution in [1.29, 1.82) is 0 Å². The van der Waals surface area contributed by atoms with Crippen molar-refractivity contribution in [1.82, 2.24) is 10.2 Å². The zero-order valence-corrected chi connectivity index (χ0v) is 15.8. The minimum Gasteiger partial charge on any atom is -0.493 e. The number of carbonyl (C=O) groups excluding carboxylic acids is 2. The maximum atomic E-state index is 12.6. The summed E-state index contributed by atoms with van der Waals surface area (Å²) in [4.78, 5) is 26.6. The average molecular weight is 360 g/mol. The van der Waals surface area contributed by atoms with E-state index in [1.807, 2.05) is 36.9 Å². The second-order valence-electron chi connectivity index (χ2n) is 7.22. The zero-order chi connectivity index (χ0) is 18.7. The topological polar surface area (TPSA) is 67.9 Å². The quantitative estimate of drug-likeness (QED) is 0.774. The van der Waals surface area contributed by atoms with E-state index in [0.717, 1.165) is 12.1 Å². The van der Waals surface area contributed by atoms with Gasteiger partial charge in [-0.2, -0.15) is 0 Å². The van der Waals surface area contributed by atoms with Crippen LogP contribution in [0.25, 0.3) is 0 Å². The Labute approximate surface area is 154 Å². The summed E-state index contributed by atoms with van der Waals surface area (Å²) in [5, 5.41) is 3.04. The van der Waals surface area contributed by atoms with E-state index < -0.39 is 0 Å². The summed E-state index contributed by atoms with van der Waals surface area (Å²) in [5.74, 6) is 1.78. The fourth-order valence-electron chi connectivity index (χ4n) is 3.38. The molecule has 6 nitrogen and oxygen atoms in total. The van der Waals surface area contributed by atoms with Gasteiger partial charge in [0.25, 0.3) is 0 Å². The van der Waals surface area contributed by atoms with E-state index in [4.69, 9.17) is 9.47 Å². The SMILES string of the molecule is CCOc1ccc([C@H](C)NC(=O)[C@H]2CC(=O)N(CC3CC3)C2)cc1OC. The summed E-state index contributed by atoms with van der Waals surface area (Å²) in [6, 6.07) is 5.50. The molecule has 1 aromatic rings. The van der Waals surface area contributed by atoms with Crippen molar-refractivity contribution in [2.45, 2.75) is 39.2 Å². The lowest BCUT2D eigenvalue weighted by Gasteiger charge is -2.19. The highest BCUT2D eigenvalue weighted by Crippen LogP contribution is 2.33. The molecule has 1 aliphatic carbocycles. The van der Waals surface area contributed by atoms with E-state index in [0.29, 0.717) is 37.0 Å². The van der Waals surface area contributed by atoms with Gasteiger partial charge in [0.05, 0.1) is 25.7 Å². The molecule has 0 aromatic heterocycles. The number of rotatable bonds is 8. The summed E-state index contributed by atoms with van der Waals surface area (Å²) < 4.78 is 10.9. The van der Waals surface area contributed by atoms with E-state index in [1.54, 1.807) is 7.11 Å². The molecule has 2 amide bonds. The number of nitrogens with one attached hydrogen (secondary N) is 1. The number of carbonyl (C=O) groups is 2. The zero-order valence-electron chi connectivity index (χ0n) is 15.8. The van der Waals surface area contributed by atoms with Crippen LogP contribution in [-0.2, 0) is 9.59 Å². The first-order chi connectivity index (χ1) is 12.5. The highest BCUT2D eigenvalue weighted by Gasteiger charge is 2.37. The molecule has 3 rings (SSSR count). The lowest BCUT2D eigenvalue weighted by molar-refractivity contribution is -0.129. The van der Waals surface area contributed by atoms with Gasteiger partial charge >= 0.3 is 0 Å². The molecule has 1 saturated carbocycles. The third kappa shape index (κ3) is 4.29. The molecule has 0 unspecified atom stereocenters. The fourth-order valence-corrected chi connectivity index (χ4v) is 3.38. The van der Waals surface area contributed by atoms with Gasteiger partial charge in [-0.25, -0.2) is 0 Å². The maximum absolute atomic E-state index is 12.6. The van der Waals surface area contributed by atoms with Gasteiger partial charge in [0, 0.05) is 19.5 Å². The summed E-state index contributed by atoms with van der Waals surface area (Å²) in [6.07, 6.45) is 2.73. The van der Waals surface area contributed by atoms with Crippen molar-refractivity contribution >= 4 is 11.8 Å². The van der Waals surface area contributed by atoms with Gasteiger partial charge in [0.15, 0.2) is 11.5 Å². The number of likely N-dealkylation sites (tertiary alicyclic amines) is 1. The average Bonchev–Trinajstić information content (AvgIpc) is 3.37. The van der Waals surface area contributed by atoms with Crippen LogP contribution in [0.3, 0.4) is 0 Å². The van der Waals surface area contributed by atoms with Gasteiger partial charge in [-0.1, -0.05) is 6.07 Å². The molecule has 1 heterocycles. The standard InChI is InChI=1S/C20H28N2O4/c1-4-26-17-8-7-15(9-18(17)25-3)13(2)21-20(24)16-10-19(23)22(12-16)11-14-5-6-14/h7-9,13-14,16H,4-6,10-12H2,1-3H3,(H,21,24)/t13-,16-/m0/s1. The third-order valence-corrected chi connectivity index (χ3v) is 5.11. The molecule has 0 bridgehead atoms. The predicted octanol–water partition coefficient (Wildman–Crippen LogP) is 2.53. The molecule has 1 N–H and O–H groups in total. The molecule has 142 valence electrons. The smallest absolute Gasteiger partial charge is 0.225 e. The van der Waals surface area contributed by atoms with Crippen LogP contribution in [0, 0.1) is 11.8 Å². The van der Waals surface area contributed by atoms with Crippen LogP contribution in [0.2, 0.25) is 0 Å². The molecule has 1 aliphatic heterocycles. The number of amides is 2. The number of benzene rings is 1. The maximum Gasteiger partial charge on any atom is 0.225 e. The van der Waals surface area contributed by atoms with Crippen molar-refractivity contribution in [3.63, 3.8) is 0 Å². The van der Waals surface area contributed by atoms with Gasteiger partial charge < -0.3 is 19.7 Å². The Morgan fingerprint density at radius 1 is 1.35 bits per heavy atom. The molecule has 0 radical (unpaired) electrons. The Hall–Kier alpha value is -2.24. The summed E-state index contributed by atoms with van der Waals surface area (Å²) >= 11 is 0. The second-order valence-corrected chi connectivity index (χ2v) is 7.22. The second kappa shape index (κ2) is 7.98. The summed E-state index contributed by atoms with van der Waals surface area (Å²) in [7, 11) is 1.60.